The van der Waals surface area contributed by atoms with Gasteiger partial charge in [-0.05, 0) is 12.8 Å². The Labute approximate surface area is 152 Å². The molecule has 0 aromatic carbocycles. The zero-order chi connectivity index (χ0) is 17.9. The molecule has 0 fully saturated rings. The first kappa shape index (κ1) is 23.9. The summed E-state index contributed by atoms with van der Waals surface area (Å²) in [7, 11) is 0. The van der Waals surface area contributed by atoms with E-state index in [0.29, 0.717) is 0 Å². The van der Waals surface area contributed by atoms with Crippen molar-refractivity contribution in [2.75, 3.05) is 0 Å². The Morgan fingerprint density at radius 2 is 0.667 bits per heavy atom. The molecule has 0 saturated carbocycles. The maximum atomic E-state index is 10.0. The lowest BCUT2D eigenvalue weighted by molar-refractivity contribution is 0.00711. The fraction of sp³-hybridized carbons (Fsp3) is 1.00. The zero-order valence-corrected chi connectivity index (χ0v) is 16.8. The molecule has 0 heterocycles. The number of aliphatic hydroxyl groups excluding tert-OH is 2. The van der Waals surface area contributed by atoms with Crippen LogP contribution in [0, 0.1) is 0 Å². The largest absolute Gasteiger partial charge is 0.390 e. The van der Waals surface area contributed by atoms with Gasteiger partial charge in [-0.15, -0.1) is 0 Å². The van der Waals surface area contributed by atoms with Crippen LogP contribution in [0.5, 0.6) is 0 Å². The molecular weight excluding hydrogens is 296 g/mol. The number of hydrogen-bond acceptors (Lipinski definition) is 2. The van der Waals surface area contributed by atoms with Crippen molar-refractivity contribution in [2.24, 2.45) is 0 Å². The van der Waals surface area contributed by atoms with Crippen LogP contribution in [0.25, 0.3) is 0 Å². The molecule has 0 aliphatic carbocycles. The Balaban J connectivity index is 3.32. The fourth-order valence-corrected chi connectivity index (χ4v) is 3.36. The van der Waals surface area contributed by atoms with E-state index in [1.54, 1.807) is 0 Å². The first-order chi connectivity index (χ1) is 11.7. The van der Waals surface area contributed by atoms with Gasteiger partial charge in [0.25, 0.3) is 0 Å². The van der Waals surface area contributed by atoms with Gasteiger partial charge in [-0.2, -0.15) is 0 Å². The second kappa shape index (κ2) is 19.2. The molecule has 2 nitrogen and oxygen atoms in total. The Bertz CT molecular complexity index is 230. The number of rotatable bonds is 19. The summed E-state index contributed by atoms with van der Waals surface area (Å²) in [6.07, 6.45) is 21.1. The average Bonchev–Trinajstić information content (AvgIpc) is 2.59. The minimum absolute atomic E-state index is 0.505. The van der Waals surface area contributed by atoms with Crippen molar-refractivity contribution in [2.45, 2.75) is 142 Å². The van der Waals surface area contributed by atoms with Gasteiger partial charge in [0, 0.05) is 0 Å². The van der Waals surface area contributed by atoms with Crippen molar-refractivity contribution >= 4 is 0 Å². The van der Waals surface area contributed by atoms with Gasteiger partial charge < -0.3 is 10.2 Å². The zero-order valence-electron chi connectivity index (χ0n) is 16.8. The van der Waals surface area contributed by atoms with E-state index < -0.39 is 12.2 Å². The summed E-state index contributed by atoms with van der Waals surface area (Å²) in [4.78, 5) is 0. The molecule has 0 rings (SSSR count). The SMILES string of the molecule is CCCCCCCCCCC[C@H](O)[C@H](O)CCCCCCCCC. The van der Waals surface area contributed by atoms with Crippen molar-refractivity contribution in [1.82, 2.24) is 0 Å². The van der Waals surface area contributed by atoms with Crippen LogP contribution in [0.2, 0.25) is 0 Å². The second-order valence-electron chi connectivity index (χ2n) is 7.66. The summed E-state index contributed by atoms with van der Waals surface area (Å²) < 4.78 is 0. The third-order valence-electron chi connectivity index (χ3n) is 5.15. The van der Waals surface area contributed by atoms with E-state index in [1.165, 1.54) is 89.9 Å². The van der Waals surface area contributed by atoms with Crippen molar-refractivity contribution in [3.05, 3.63) is 0 Å². The molecule has 0 aromatic heterocycles. The van der Waals surface area contributed by atoms with Crippen LogP contribution in [0.3, 0.4) is 0 Å². The molecule has 0 spiro atoms. The van der Waals surface area contributed by atoms with Crippen LogP contribution in [0.4, 0.5) is 0 Å². The van der Waals surface area contributed by atoms with Gasteiger partial charge in [0.05, 0.1) is 12.2 Å². The third-order valence-corrected chi connectivity index (χ3v) is 5.15. The lowest BCUT2D eigenvalue weighted by Crippen LogP contribution is -2.25. The van der Waals surface area contributed by atoms with Crippen molar-refractivity contribution in [1.29, 1.82) is 0 Å². The van der Waals surface area contributed by atoms with E-state index in [4.69, 9.17) is 0 Å². The van der Waals surface area contributed by atoms with Gasteiger partial charge >= 0.3 is 0 Å². The van der Waals surface area contributed by atoms with Crippen LogP contribution >= 0.6 is 0 Å². The van der Waals surface area contributed by atoms with Crippen molar-refractivity contribution < 1.29 is 10.2 Å². The van der Waals surface area contributed by atoms with E-state index in [-0.39, 0.29) is 0 Å². The molecule has 146 valence electrons. The molecule has 0 amide bonds. The van der Waals surface area contributed by atoms with E-state index >= 15 is 0 Å². The first-order valence-electron chi connectivity index (χ1n) is 11.1. The van der Waals surface area contributed by atoms with Gasteiger partial charge in [0.1, 0.15) is 0 Å². The van der Waals surface area contributed by atoms with E-state index in [2.05, 4.69) is 13.8 Å². The van der Waals surface area contributed by atoms with Crippen LogP contribution < -0.4 is 0 Å². The van der Waals surface area contributed by atoms with Crippen LogP contribution in [0.1, 0.15) is 129 Å². The van der Waals surface area contributed by atoms with Gasteiger partial charge in [-0.3, -0.25) is 0 Å². The second-order valence-corrected chi connectivity index (χ2v) is 7.66. The van der Waals surface area contributed by atoms with Gasteiger partial charge in [-0.25, -0.2) is 0 Å². The predicted molar refractivity (Wildman–Crippen MR) is 106 cm³/mol. The van der Waals surface area contributed by atoms with Gasteiger partial charge in [0.2, 0.25) is 0 Å². The number of unbranched alkanes of at least 4 members (excludes halogenated alkanes) is 14. The standard InChI is InChI=1S/C22H46O2/c1-3-5-7-9-11-12-14-16-18-20-22(24)21(23)19-17-15-13-10-8-6-4-2/h21-24H,3-20H2,1-2H3/t21-,22+/m1/s1. The molecule has 24 heavy (non-hydrogen) atoms. The highest BCUT2D eigenvalue weighted by Gasteiger charge is 2.15. The van der Waals surface area contributed by atoms with Gasteiger partial charge in [-0.1, -0.05) is 117 Å². The molecule has 2 atom stereocenters. The normalized spacial score (nSPS) is 14.0. The molecule has 0 radical (unpaired) electrons. The summed E-state index contributed by atoms with van der Waals surface area (Å²) in [5, 5.41) is 20.1. The quantitative estimate of drug-likeness (QED) is 0.254. The Morgan fingerprint density at radius 1 is 0.417 bits per heavy atom. The van der Waals surface area contributed by atoms with Crippen molar-refractivity contribution in [3.8, 4) is 0 Å². The maximum absolute atomic E-state index is 10.0. The highest BCUT2D eigenvalue weighted by Crippen LogP contribution is 2.15. The minimum Gasteiger partial charge on any atom is -0.390 e. The van der Waals surface area contributed by atoms with Crippen molar-refractivity contribution in [3.63, 3.8) is 0 Å². The Morgan fingerprint density at radius 3 is 0.958 bits per heavy atom. The minimum atomic E-state index is -0.505. The molecule has 2 N–H and O–H groups in total. The van der Waals surface area contributed by atoms with Gasteiger partial charge in [0.15, 0.2) is 0 Å². The average molecular weight is 343 g/mol. The van der Waals surface area contributed by atoms with E-state index in [9.17, 15) is 10.2 Å². The molecule has 0 saturated heterocycles. The third kappa shape index (κ3) is 16.8. The van der Waals surface area contributed by atoms with Crippen LogP contribution in [0.15, 0.2) is 0 Å². The first-order valence-corrected chi connectivity index (χ1v) is 11.1. The molecule has 0 aliphatic heterocycles. The molecule has 2 heteroatoms. The monoisotopic (exact) mass is 342 g/mol. The number of aliphatic hydroxyl groups is 2. The molecule has 0 bridgehead atoms. The van der Waals surface area contributed by atoms with E-state index in [0.717, 1.165) is 25.7 Å². The lowest BCUT2D eigenvalue weighted by atomic mass is 9.99. The van der Waals surface area contributed by atoms with Crippen LogP contribution in [-0.2, 0) is 0 Å². The summed E-state index contributed by atoms with van der Waals surface area (Å²) in [6.45, 7) is 4.50. The summed E-state index contributed by atoms with van der Waals surface area (Å²) in [6, 6.07) is 0. The van der Waals surface area contributed by atoms with Crippen LogP contribution in [-0.4, -0.2) is 22.4 Å². The molecule has 0 aliphatic rings. The fourth-order valence-electron chi connectivity index (χ4n) is 3.36. The van der Waals surface area contributed by atoms with E-state index in [1.807, 2.05) is 0 Å². The summed E-state index contributed by atoms with van der Waals surface area (Å²) in [5.74, 6) is 0. The summed E-state index contributed by atoms with van der Waals surface area (Å²) in [5.41, 5.74) is 0. The summed E-state index contributed by atoms with van der Waals surface area (Å²) >= 11 is 0. The maximum Gasteiger partial charge on any atom is 0.0799 e. The predicted octanol–water partition coefficient (Wildman–Crippen LogP) is 6.77. The smallest absolute Gasteiger partial charge is 0.0799 e. The highest BCUT2D eigenvalue weighted by atomic mass is 16.3. The highest BCUT2D eigenvalue weighted by molar-refractivity contribution is 4.67. The molecule has 0 unspecified atom stereocenters. The lowest BCUT2D eigenvalue weighted by Gasteiger charge is -2.17. The topological polar surface area (TPSA) is 40.5 Å². The molecular formula is C22H46O2. The number of hydrogen-bond donors (Lipinski definition) is 2. The Kier molecular flexibility index (Phi) is 19.2. The molecule has 0 aromatic rings. The Hall–Kier alpha value is -0.0800.